The van der Waals surface area contributed by atoms with E-state index in [1.807, 2.05) is 66.0 Å². The van der Waals surface area contributed by atoms with E-state index in [0.717, 1.165) is 32.0 Å². The predicted octanol–water partition coefficient (Wildman–Crippen LogP) is 6.13. The minimum atomic E-state index is -0.784. The lowest BCUT2D eigenvalue weighted by molar-refractivity contribution is -0.118. The number of benzene rings is 3. The summed E-state index contributed by atoms with van der Waals surface area (Å²) in [6, 6.07) is 21.8. The molecule has 1 unspecified atom stereocenters. The van der Waals surface area contributed by atoms with Crippen LogP contribution in [0, 0.1) is 11.3 Å². The van der Waals surface area contributed by atoms with Crippen molar-refractivity contribution in [2.75, 3.05) is 0 Å². The lowest BCUT2D eigenvalue weighted by atomic mass is 9.91. The van der Waals surface area contributed by atoms with Crippen LogP contribution < -0.4 is 0 Å². The maximum Gasteiger partial charge on any atom is 0.158 e. The van der Waals surface area contributed by atoms with Crippen molar-refractivity contribution in [2.24, 2.45) is 0 Å². The Balaban J connectivity index is 1.66. The van der Waals surface area contributed by atoms with Gasteiger partial charge in [-0.25, -0.2) is 0 Å². The van der Waals surface area contributed by atoms with E-state index in [2.05, 4.69) is 6.07 Å². The predicted molar refractivity (Wildman–Crippen MR) is 108 cm³/mol. The van der Waals surface area contributed by atoms with Gasteiger partial charge in [0.25, 0.3) is 0 Å². The molecule has 0 saturated carbocycles. The van der Waals surface area contributed by atoms with E-state index in [4.69, 9.17) is 11.6 Å². The van der Waals surface area contributed by atoms with Gasteiger partial charge in [0.1, 0.15) is 5.92 Å². The molecule has 4 rings (SSSR count). The molecule has 0 fully saturated rings. The van der Waals surface area contributed by atoms with Crippen molar-refractivity contribution in [2.45, 2.75) is 12.3 Å². The van der Waals surface area contributed by atoms with E-state index < -0.39 is 5.92 Å². The first kappa shape index (κ1) is 16.8. The Labute approximate surface area is 160 Å². The fourth-order valence-electron chi connectivity index (χ4n) is 3.21. The number of nitriles is 1. The van der Waals surface area contributed by atoms with E-state index >= 15 is 0 Å². The molecule has 126 valence electrons. The third kappa shape index (κ3) is 3.10. The van der Waals surface area contributed by atoms with Gasteiger partial charge in [-0.2, -0.15) is 5.26 Å². The first-order valence-corrected chi connectivity index (χ1v) is 9.48. The molecule has 2 nitrogen and oxygen atoms in total. The molecule has 0 aliphatic rings. The minimum Gasteiger partial charge on any atom is -0.297 e. The molecule has 0 aliphatic heterocycles. The standard InChI is InChI=1S/C22H14ClNOS/c23-17-7-8-22-18(11-17)20(13-26-22)19(12-24)21(25)10-14-5-6-15-3-1-2-4-16(15)9-14/h1-9,11,13,19H,10H2. The molecule has 1 atom stereocenters. The summed E-state index contributed by atoms with van der Waals surface area (Å²) in [6.45, 7) is 0. The maximum atomic E-state index is 12.9. The zero-order valence-electron chi connectivity index (χ0n) is 13.8. The fourth-order valence-corrected chi connectivity index (χ4v) is 4.35. The second-order valence-corrected chi connectivity index (χ2v) is 7.57. The van der Waals surface area contributed by atoms with Crippen molar-refractivity contribution >= 4 is 49.6 Å². The highest BCUT2D eigenvalue weighted by Gasteiger charge is 2.23. The highest BCUT2D eigenvalue weighted by molar-refractivity contribution is 7.17. The Kier molecular flexibility index (Phi) is 4.46. The summed E-state index contributed by atoms with van der Waals surface area (Å²) < 4.78 is 1.03. The van der Waals surface area contributed by atoms with Crippen LogP contribution in [0.2, 0.25) is 5.02 Å². The first-order valence-electron chi connectivity index (χ1n) is 8.22. The largest absolute Gasteiger partial charge is 0.297 e. The molecule has 1 heterocycles. The van der Waals surface area contributed by atoms with Gasteiger partial charge in [-0.3, -0.25) is 4.79 Å². The number of Topliss-reactive ketones (excluding diaryl/α,β-unsaturated/α-hetero) is 1. The summed E-state index contributed by atoms with van der Waals surface area (Å²) in [4.78, 5) is 12.9. The van der Waals surface area contributed by atoms with E-state index in [1.165, 1.54) is 11.3 Å². The summed E-state index contributed by atoms with van der Waals surface area (Å²) in [7, 11) is 0. The van der Waals surface area contributed by atoms with Crippen molar-refractivity contribution in [3.63, 3.8) is 0 Å². The van der Waals surface area contributed by atoms with E-state index in [0.29, 0.717) is 5.02 Å². The third-order valence-corrected chi connectivity index (χ3v) is 5.74. The number of hydrogen-bond acceptors (Lipinski definition) is 3. The molecule has 3 aromatic carbocycles. The Morgan fingerprint density at radius 3 is 2.69 bits per heavy atom. The zero-order chi connectivity index (χ0) is 18.1. The van der Waals surface area contributed by atoms with Gasteiger partial charge in [-0.05, 0) is 50.9 Å². The van der Waals surface area contributed by atoms with Crippen LogP contribution in [0.15, 0.2) is 66.0 Å². The summed E-state index contributed by atoms with van der Waals surface area (Å²) in [5.41, 5.74) is 1.67. The van der Waals surface area contributed by atoms with Gasteiger partial charge < -0.3 is 0 Å². The fraction of sp³-hybridized carbons (Fsp3) is 0.0909. The monoisotopic (exact) mass is 375 g/mol. The second kappa shape index (κ2) is 6.92. The van der Waals surface area contributed by atoms with Gasteiger partial charge in [0.15, 0.2) is 5.78 Å². The molecule has 0 N–H and O–H groups in total. The molecule has 0 amide bonds. The van der Waals surface area contributed by atoms with Crippen LogP contribution in [-0.4, -0.2) is 5.78 Å². The summed E-state index contributed by atoms with van der Waals surface area (Å²) in [6.07, 6.45) is 0.237. The van der Waals surface area contributed by atoms with Gasteiger partial charge in [0, 0.05) is 16.1 Å². The van der Waals surface area contributed by atoms with E-state index in [9.17, 15) is 10.1 Å². The summed E-state index contributed by atoms with van der Waals surface area (Å²) in [5, 5.41) is 15.3. The number of thiophene rings is 1. The van der Waals surface area contributed by atoms with Crippen molar-refractivity contribution in [1.82, 2.24) is 0 Å². The average Bonchev–Trinajstić information content (AvgIpc) is 3.05. The molecular weight excluding hydrogens is 362 g/mol. The molecule has 26 heavy (non-hydrogen) atoms. The first-order chi connectivity index (χ1) is 12.7. The van der Waals surface area contributed by atoms with Gasteiger partial charge in [-0.15, -0.1) is 11.3 Å². The number of hydrogen-bond donors (Lipinski definition) is 0. The van der Waals surface area contributed by atoms with Crippen molar-refractivity contribution in [3.05, 3.63) is 82.2 Å². The SMILES string of the molecule is N#CC(C(=O)Cc1ccc2ccccc2c1)c1csc2ccc(Cl)cc12. The van der Waals surface area contributed by atoms with E-state index in [1.54, 1.807) is 0 Å². The number of fused-ring (bicyclic) bond motifs is 2. The molecular formula is C22H14ClNOS. The van der Waals surface area contributed by atoms with Crippen LogP contribution in [0.25, 0.3) is 20.9 Å². The highest BCUT2D eigenvalue weighted by Crippen LogP contribution is 2.34. The Morgan fingerprint density at radius 2 is 1.88 bits per heavy atom. The number of carbonyl (C=O) groups excluding carboxylic acids is 1. The summed E-state index contributed by atoms with van der Waals surface area (Å²) in [5.74, 6) is -0.879. The molecule has 0 spiro atoms. The molecule has 1 aromatic heterocycles. The normalized spacial score (nSPS) is 12.2. The smallest absolute Gasteiger partial charge is 0.158 e. The number of rotatable bonds is 4. The van der Waals surface area contributed by atoms with Crippen molar-refractivity contribution in [1.29, 1.82) is 5.26 Å². The zero-order valence-corrected chi connectivity index (χ0v) is 15.3. The van der Waals surface area contributed by atoms with Crippen LogP contribution in [0.5, 0.6) is 0 Å². The summed E-state index contributed by atoms with van der Waals surface area (Å²) >= 11 is 7.63. The number of carbonyl (C=O) groups is 1. The van der Waals surface area contributed by atoms with E-state index in [-0.39, 0.29) is 12.2 Å². The molecule has 0 bridgehead atoms. The number of halogens is 1. The molecule has 4 aromatic rings. The maximum absolute atomic E-state index is 12.9. The van der Waals surface area contributed by atoms with Gasteiger partial charge >= 0.3 is 0 Å². The topological polar surface area (TPSA) is 40.9 Å². The van der Waals surface area contributed by atoms with Crippen molar-refractivity contribution < 1.29 is 4.79 Å². The third-order valence-electron chi connectivity index (χ3n) is 4.52. The highest BCUT2D eigenvalue weighted by atomic mass is 35.5. The van der Waals surface area contributed by atoms with Crippen LogP contribution in [0.1, 0.15) is 17.0 Å². The Morgan fingerprint density at radius 1 is 1.08 bits per heavy atom. The van der Waals surface area contributed by atoms with Gasteiger partial charge in [0.2, 0.25) is 0 Å². The Hall–Kier alpha value is -2.67. The average molecular weight is 376 g/mol. The molecule has 0 aliphatic carbocycles. The van der Waals surface area contributed by atoms with Crippen molar-refractivity contribution in [3.8, 4) is 6.07 Å². The van der Waals surface area contributed by atoms with Crippen LogP contribution in [0.4, 0.5) is 0 Å². The second-order valence-electron chi connectivity index (χ2n) is 6.22. The Bertz CT molecular complexity index is 1170. The minimum absolute atomic E-state index is 0.0949. The van der Waals surface area contributed by atoms with Crippen LogP contribution in [0.3, 0.4) is 0 Å². The van der Waals surface area contributed by atoms with Gasteiger partial charge in [-0.1, -0.05) is 54.1 Å². The quantitative estimate of drug-likeness (QED) is 0.430. The lowest BCUT2D eigenvalue weighted by Gasteiger charge is -2.09. The molecule has 0 radical (unpaired) electrons. The van der Waals surface area contributed by atoms with Crippen LogP contribution in [-0.2, 0) is 11.2 Å². The molecule has 0 saturated heterocycles. The van der Waals surface area contributed by atoms with Crippen LogP contribution >= 0.6 is 22.9 Å². The number of ketones is 1. The number of nitrogens with zero attached hydrogens (tertiary/aromatic N) is 1. The molecule has 4 heteroatoms. The van der Waals surface area contributed by atoms with Gasteiger partial charge in [0.05, 0.1) is 6.07 Å². The lowest BCUT2D eigenvalue weighted by Crippen LogP contribution is -2.13.